The Kier molecular flexibility index (Phi) is 3.57. The van der Waals surface area contributed by atoms with E-state index in [9.17, 15) is 14.0 Å². The van der Waals surface area contributed by atoms with Gasteiger partial charge in [0.25, 0.3) is 0 Å². The second-order valence-corrected chi connectivity index (χ2v) is 4.03. The Hall–Kier alpha value is -1.95. The van der Waals surface area contributed by atoms with Crippen molar-refractivity contribution < 1.29 is 18.7 Å². The summed E-state index contributed by atoms with van der Waals surface area (Å²) in [6.45, 7) is 1.18. The van der Waals surface area contributed by atoms with Crippen LogP contribution in [0.25, 0.3) is 0 Å². The van der Waals surface area contributed by atoms with Crippen LogP contribution in [0.3, 0.4) is 0 Å². The summed E-state index contributed by atoms with van der Waals surface area (Å²) in [5.74, 6) is -1.51. The third kappa shape index (κ3) is 2.48. The predicted octanol–water partition coefficient (Wildman–Crippen LogP) is 0.770. The summed E-state index contributed by atoms with van der Waals surface area (Å²) >= 11 is 0. The van der Waals surface area contributed by atoms with Gasteiger partial charge in [-0.3, -0.25) is 4.79 Å². The van der Waals surface area contributed by atoms with Gasteiger partial charge in [-0.05, 0) is 18.2 Å². The lowest BCUT2D eigenvalue weighted by molar-refractivity contribution is -0.121. The molecule has 2 N–H and O–H groups in total. The fourth-order valence-corrected chi connectivity index (χ4v) is 1.62. The molecule has 1 saturated heterocycles. The maximum Gasteiger partial charge on any atom is 0.339 e. The van der Waals surface area contributed by atoms with E-state index in [1.165, 1.54) is 13.2 Å². The van der Waals surface area contributed by atoms with Crippen molar-refractivity contribution in [2.24, 2.45) is 5.92 Å². The van der Waals surface area contributed by atoms with Gasteiger partial charge in [0.05, 0.1) is 24.3 Å². The van der Waals surface area contributed by atoms with E-state index in [4.69, 9.17) is 0 Å². The third-order valence-electron chi connectivity index (χ3n) is 2.80. The van der Waals surface area contributed by atoms with Crippen molar-refractivity contribution in [3.8, 4) is 0 Å². The number of nitrogens with one attached hydrogen (secondary N) is 2. The lowest BCUT2D eigenvalue weighted by Gasteiger charge is -2.26. The van der Waals surface area contributed by atoms with Crippen molar-refractivity contribution in [3.05, 3.63) is 29.6 Å². The summed E-state index contributed by atoms with van der Waals surface area (Å²) < 4.78 is 17.7. The molecule has 1 aromatic rings. The van der Waals surface area contributed by atoms with Gasteiger partial charge in [-0.1, -0.05) is 0 Å². The number of esters is 1. The largest absolute Gasteiger partial charge is 0.465 e. The van der Waals surface area contributed by atoms with Gasteiger partial charge < -0.3 is 15.4 Å². The number of hydrogen-bond donors (Lipinski definition) is 2. The minimum absolute atomic E-state index is 0.138. The van der Waals surface area contributed by atoms with Crippen LogP contribution in [0.2, 0.25) is 0 Å². The molecule has 0 atom stereocenters. The normalized spacial score (nSPS) is 14.8. The molecule has 0 radical (unpaired) electrons. The molecule has 0 saturated carbocycles. The van der Waals surface area contributed by atoms with Crippen molar-refractivity contribution >= 4 is 17.6 Å². The average molecular weight is 252 g/mol. The quantitative estimate of drug-likeness (QED) is 0.780. The van der Waals surface area contributed by atoms with E-state index in [0.717, 1.165) is 12.1 Å². The van der Waals surface area contributed by atoms with Gasteiger partial charge in [0.15, 0.2) is 0 Å². The van der Waals surface area contributed by atoms with Crippen LogP contribution in [0.5, 0.6) is 0 Å². The lowest BCUT2D eigenvalue weighted by Crippen LogP contribution is -2.48. The first kappa shape index (κ1) is 12.5. The number of methoxy groups -OCH3 is 1. The molecule has 1 aliphatic rings. The fourth-order valence-electron chi connectivity index (χ4n) is 1.62. The molecule has 5 nitrogen and oxygen atoms in total. The highest BCUT2D eigenvalue weighted by atomic mass is 19.1. The zero-order valence-corrected chi connectivity index (χ0v) is 9.83. The summed E-state index contributed by atoms with van der Waals surface area (Å²) in [5.41, 5.74) is 0.276. The van der Waals surface area contributed by atoms with Gasteiger partial charge in [0.2, 0.25) is 5.91 Å². The Morgan fingerprint density at radius 1 is 1.44 bits per heavy atom. The number of halogens is 1. The van der Waals surface area contributed by atoms with Gasteiger partial charge >= 0.3 is 5.97 Å². The second kappa shape index (κ2) is 5.14. The zero-order chi connectivity index (χ0) is 13.1. The monoisotopic (exact) mass is 252 g/mol. The first-order valence-electron chi connectivity index (χ1n) is 5.51. The smallest absolute Gasteiger partial charge is 0.339 e. The van der Waals surface area contributed by atoms with Gasteiger partial charge in [0, 0.05) is 13.1 Å². The third-order valence-corrected chi connectivity index (χ3v) is 2.80. The van der Waals surface area contributed by atoms with E-state index in [-0.39, 0.29) is 23.1 Å². The summed E-state index contributed by atoms with van der Waals surface area (Å²) in [5, 5.41) is 5.51. The molecule has 0 aliphatic carbocycles. The molecular formula is C12H13FN2O3. The number of carbonyl (C=O) groups is 2. The summed E-state index contributed by atoms with van der Waals surface area (Å²) in [7, 11) is 1.23. The average Bonchev–Trinajstić information content (AvgIpc) is 2.25. The van der Waals surface area contributed by atoms with Crippen LogP contribution in [-0.2, 0) is 9.53 Å². The van der Waals surface area contributed by atoms with Crippen LogP contribution in [0.15, 0.2) is 18.2 Å². The molecule has 1 heterocycles. The molecule has 1 aromatic carbocycles. The number of hydrogen-bond acceptors (Lipinski definition) is 4. The maximum atomic E-state index is 13.1. The van der Waals surface area contributed by atoms with E-state index >= 15 is 0 Å². The molecule has 0 unspecified atom stereocenters. The molecule has 0 bridgehead atoms. The number of carbonyl (C=O) groups excluding carboxylic acids is 2. The molecule has 0 aromatic heterocycles. The van der Waals surface area contributed by atoms with Crippen molar-refractivity contribution in [2.75, 3.05) is 25.5 Å². The number of rotatable bonds is 3. The Morgan fingerprint density at radius 2 is 2.17 bits per heavy atom. The molecule has 2 rings (SSSR count). The van der Waals surface area contributed by atoms with E-state index in [0.29, 0.717) is 13.1 Å². The first-order chi connectivity index (χ1) is 8.61. The number of benzene rings is 1. The molecule has 1 amide bonds. The van der Waals surface area contributed by atoms with Gasteiger partial charge in [0.1, 0.15) is 5.82 Å². The zero-order valence-electron chi connectivity index (χ0n) is 9.83. The van der Waals surface area contributed by atoms with E-state index in [2.05, 4.69) is 15.4 Å². The van der Waals surface area contributed by atoms with Crippen molar-refractivity contribution in [2.45, 2.75) is 0 Å². The van der Waals surface area contributed by atoms with Crippen LogP contribution in [0.4, 0.5) is 10.1 Å². The minimum atomic E-state index is -0.614. The van der Waals surface area contributed by atoms with Gasteiger partial charge in [-0.2, -0.15) is 0 Å². The lowest BCUT2D eigenvalue weighted by atomic mass is 10.0. The fraction of sp³-hybridized carbons (Fsp3) is 0.333. The van der Waals surface area contributed by atoms with Gasteiger partial charge in [-0.25, -0.2) is 9.18 Å². The topological polar surface area (TPSA) is 67.4 Å². The van der Waals surface area contributed by atoms with E-state index < -0.39 is 11.8 Å². The predicted molar refractivity (Wildman–Crippen MR) is 62.7 cm³/mol. The number of ether oxygens (including phenoxy) is 1. The summed E-state index contributed by atoms with van der Waals surface area (Å²) in [6.07, 6.45) is 0. The minimum Gasteiger partial charge on any atom is -0.465 e. The Bertz CT molecular complexity index is 486. The maximum absolute atomic E-state index is 13.1. The molecule has 1 aliphatic heterocycles. The molecule has 96 valence electrons. The van der Waals surface area contributed by atoms with Crippen LogP contribution >= 0.6 is 0 Å². The Labute approximate surface area is 103 Å². The molecule has 0 spiro atoms. The van der Waals surface area contributed by atoms with Crippen LogP contribution in [0, 0.1) is 11.7 Å². The summed E-state index contributed by atoms with van der Waals surface area (Å²) in [4.78, 5) is 23.2. The number of anilines is 1. The highest BCUT2D eigenvalue weighted by molar-refractivity contribution is 6.02. The summed E-state index contributed by atoms with van der Waals surface area (Å²) in [6, 6.07) is 3.54. The van der Waals surface area contributed by atoms with Crippen molar-refractivity contribution in [1.29, 1.82) is 0 Å². The Balaban J connectivity index is 2.21. The van der Waals surface area contributed by atoms with Crippen LogP contribution in [-0.4, -0.2) is 32.1 Å². The van der Waals surface area contributed by atoms with Crippen molar-refractivity contribution in [3.63, 3.8) is 0 Å². The van der Waals surface area contributed by atoms with Crippen LogP contribution in [0.1, 0.15) is 10.4 Å². The SMILES string of the molecule is COC(=O)c1ccc(F)cc1NC(=O)C1CNC1. The highest BCUT2D eigenvalue weighted by Gasteiger charge is 2.26. The Morgan fingerprint density at radius 3 is 2.72 bits per heavy atom. The first-order valence-corrected chi connectivity index (χ1v) is 5.51. The molecule has 6 heteroatoms. The molecule has 18 heavy (non-hydrogen) atoms. The standard InChI is InChI=1S/C12H13FN2O3/c1-18-12(17)9-3-2-8(13)4-10(9)15-11(16)7-5-14-6-7/h2-4,7,14H,5-6H2,1H3,(H,15,16). The van der Waals surface area contributed by atoms with Gasteiger partial charge in [-0.15, -0.1) is 0 Å². The highest BCUT2D eigenvalue weighted by Crippen LogP contribution is 2.19. The van der Waals surface area contributed by atoms with E-state index in [1.807, 2.05) is 0 Å². The van der Waals surface area contributed by atoms with Crippen LogP contribution < -0.4 is 10.6 Å². The second-order valence-electron chi connectivity index (χ2n) is 4.03. The number of amides is 1. The van der Waals surface area contributed by atoms with Crippen molar-refractivity contribution in [1.82, 2.24) is 5.32 Å². The van der Waals surface area contributed by atoms with E-state index in [1.54, 1.807) is 0 Å². The molecular weight excluding hydrogens is 239 g/mol. The molecule has 1 fully saturated rings.